The van der Waals surface area contributed by atoms with Crippen LogP contribution in [0.2, 0.25) is 0 Å². The molecule has 4 rings (SSSR count). The van der Waals surface area contributed by atoms with Crippen LogP contribution in [-0.2, 0) is 14.3 Å². The molecule has 142 valence electrons. The highest BCUT2D eigenvalue weighted by atomic mass is 32.1. The number of anilines is 1. The monoisotopic (exact) mass is 391 g/mol. The van der Waals surface area contributed by atoms with Gasteiger partial charge in [0.05, 0.1) is 12.8 Å². The molecule has 0 aliphatic carbocycles. The van der Waals surface area contributed by atoms with Crippen LogP contribution in [-0.4, -0.2) is 25.0 Å². The molecular weight excluding hydrogens is 370 g/mol. The van der Waals surface area contributed by atoms with Gasteiger partial charge >= 0.3 is 5.97 Å². The number of thiophene rings is 1. The molecule has 0 spiro atoms. The van der Waals surface area contributed by atoms with E-state index in [4.69, 9.17) is 4.74 Å². The number of carbonyl (C=O) groups excluding carboxylic acids is 2. The lowest BCUT2D eigenvalue weighted by atomic mass is 9.91. The summed E-state index contributed by atoms with van der Waals surface area (Å²) in [6, 6.07) is 19.0. The Morgan fingerprint density at radius 2 is 1.89 bits per heavy atom. The van der Waals surface area contributed by atoms with Gasteiger partial charge in [0.15, 0.2) is 0 Å². The Bertz CT molecular complexity index is 998. The molecule has 1 aliphatic rings. The highest BCUT2D eigenvalue weighted by molar-refractivity contribution is 7.13. The number of hydrogen-bond acceptors (Lipinski definition) is 4. The number of benzene rings is 2. The van der Waals surface area contributed by atoms with Crippen LogP contribution >= 0.6 is 11.3 Å². The van der Waals surface area contributed by atoms with Gasteiger partial charge in [-0.05, 0) is 36.1 Å². The molecule has 1 aromatic heterocycles. The molecule has 2 atom stereocenters. The van der Waals surface area contributed by atoms with E-state index in [0.29, 0.717) is 0 Å². The van der Waals surface area contributed by atoms with Crippen molar-refractivity contribution in [1.82, 2.24) is 0 Å². The first-order valence-electron chi connectivity index (χ1n) is 9.19. The van der Waals surface area contributed by atoms with Gasteiger partial charge in [0.25, 0.3) is 0 Å². The van der Waals surface area contributed by atoms with Gasteiger partial charge in [-0.2, -0.15) is 0 Å². The van der Waals surface area contributed by atoms with E-state index in [1.165, 1.54) is 7.11 Å². The third-order valence-corrected chi connectivity index (χ3v) is 6.09. The topological polar surface area (TPSA) is 46.6 Å². The molecule has 5 heteroatoms. The molecule has 0 saturated carbocycles. The molecule has 2 heterocycles. The molecule has 0 radical (unpaired) electrons. The van der Waals surface area contributed by atoms with Crippen molar-refractivity contribution in [3.63, 3.8) is 0 Å². The minimum Gasteiger partial charge on any atom is -0.467 e. The molecule has 4 nitrogen and oxygen atoms in total. The van der Waals surface area contributed by atoms with Crippen LogP contribution in [0.3, 0.4) is 0 Å². The van der Waals surface area contributed by atoms with Crippen LogP contribution in [0, 0.1) is 6.92 Å². The number of amides is 1. The maximum absolute atomic E-state index is 13.1. The van der Waals surface area contributed by atoms with Gasteiger partial charge in [-0.15, -0.1) is 11.3 Å². The summed E-state index contributed by atoms with van der Waals surface area (Å²) in [7, 11) is 1.38. The first kappa shape index (κ1) is 18.4. The van der Waals surface area contributed by atoms with Gasteiger partial charge < -0.3 is 4.74 Å². The number of hydrogen-bond donors (Lipinski definition) is 0. The molecule has 1 saturated heterocycles. The number of ether oxygens (including phenoxy) is 1. The summed E-state index contributed by atoms with van der Waals surface area (Å²) in [5.41, 5.74) is 3.80. The second kappa shape index (κ2) is 7.60. The van der Waals surface area contributed by atoms with E-state index in [1.807, 2.05) is 66.9 Å². The van der Waals surface area contributed by atoms with Crippen molar-refractivity contribution in [3.05, 3.63) is 77.2 Å². The fourth-order valence-electron chi connectivity index (χ4n) is 3.90. The lowest BCUT2D eigenvalue weighted by molar-refractivity contribution is -0.142. The number of aryl methyl sites for hydroxylation is 1. The molecule has 28 heavy (non-hydrogen) atoms. The Morgan fingerprint density at radius 1 is 1.11 bits per heavy atom. The van der Waals surface area contributed by atoms with Crippen LogP contribution in [0.4, 0.5) is 5.69 Å². The van der Waals surface area contributed by atoms with Crippen molar-refractivity contribution in [1.29, 1.82) is 0 Å². The second-order valence-corrected chi connectivity index (χ2v) is 7.90. The molecule has 0 bridgehead atoms. The number of esters is 1. The second-order valence-electron chi connectivity index (χ2n) is 6.95. The van der Waals surface area contributed by atoms with E-state index in [0.717, 1.165) is 27.3 Å². The highest BCUT2D eigenvalue weighted by Gasteiger charge is 2.47. The number of methoxy groups -OCH3 is 1. The lowest BCUT2D eigenvalue weighted by Crippen LogP contribution is -2.42. The molecule has 0 unspecified atom stereocenters. The molecule has 3 aromatic rings. The quantitative estimate of drug-likeness (QED) is 0.601. The molecule has 1 amide bonds. The Balaban J connectivity index is 1.85. The van der Waals surface area contributed by atoms with E-state index < -0.39 is 12.0 Å². The SMILES string of the molecule is COC(=O)[C@@H]1[C@H](c2ccccc2)CC(=O)N1c1ccc(C)cc1-c1cccs1. The van der Waals surface area contributed by atoms with Crippen molar-refractivity contribution in [2.75, 3.05) is 12.0 Å². The summed E-state index contributed by atoms with van der Waals surface area (Å²) in [4.78, 5) is 28.6. The van der Waals surface area contributed by atoms with Crippen LogP contribution in [0.5, 0.6) is 0 Å². The third kappa shape index (κ3) is 3.22. The minimum atomic E-state index is -0.679. The van der Waals surface area contributed by atoms with Crippen LogP contribution in [0.1, 0.15) is 23.5 Å². The smallest absolute Gasteiger partial charge is 0.329 e. The van der Waals surface area contributed by atoms with Crippen molar-refractivity contribution in [2.45, 2.75) is 25.3 Å². The molecule has 0 N–H and O–H groups in total. The normalized spacial score (nSPS) is 19.1. The predicted molar refractivity (Wildman–Crippen MR) is 112 cm³/mol. The Labute approximate surface area is 168 Å². The average Bonchev–Trinajstić information content (AvgIpc) is 3.36. The van der Waals surface area contributed by atoms with E-state index in [-0.39, 0.29) is 18.2 Å². The van der Waals surface area contributed by atoms with Gasteiger partial charge in [-0.1, -0.05) is 48.0 Å². The van der Waals surface area contributed by atoms with Gasteiger partial charge in [0.2, 0.25) is 5.91 Å². The first-order valence-corrected chi connectivity index (χ1v) is 10.1. The largest absolute Gasteiger partial charge is 0.467 e. The first-order chi connectivity index (χ1) is 13.6. The van der Waals surface area contributed by atoms with Crippen molar-refractivity contribution >= 4 is 28.9 Å². The standard InChI is InChI=1S/C23H21NO3S/c1-15-10-11-19(18(13-15)20-9-6-12-28-20)24-21(25)14-17(22(24)23(26)27-2)16-7-4-3-5-8-16/h3-13,17,22H,14H2,1-2H3/t17-,22-/m0/s1. The Hall–Kier alpha value is -2.92. The summed E-state index contributed by atoms with van der Waals surface area (Å²) in [5, 5.41) is 2.01. The van der Waals surface area contributed by atoms with Crippen LogP contribution in [0.15, 0.2) is 66.0 Å². The highest BCUT2D eigenvalue weighted by Crippen LogP contribution is 2.43. The van der Waals surface area contributed by atoms with Gasteiger partial charge in [0, 0.05) is 22.8 Å². The lowest BCUT2D eigenvalue weighted by Gasteiger charge is -2.28. The fourth-order valence-corrected chi connectivity index (χ4v) is 4.65. The van der Waals surface area contributed by atoms with E-state index in [9.17, 15) is 9.59 Å². The zero-order valence-electron chi connectivity index (χ0n) is 15.8. The van der Waals surface area contributed by atoms with Crippen molar-refractivity contribution in [3.8, 4) is 10.4 Å². The molecular formula is C23H21NO3S. The number of nitrogens with zero attached hydrogens (tertiary/aromatic N) is 1. The molecule has 1 fully saturated rings. The van der Waals surface area contributed by atoms with Crippen molar-refractivity contribution in [2.24, 2.45) is 0 Å². The van der Waals surface area contributed by atoms with E-state index >= 15 is 0 Å². The Kier molecular flexibility index (Phi) is 5.01. The minimum absolute atomic E-state index is 0.0640. The third-order valence-electron chi connectivity index (χ3n) is 5.19. The summed E-state index contributed by atoms with van der Waals surface area (Å²) < 4.78 is 5.11. The summed E-state index contributed by atoms with van der Waals surface area (Å²) >= 11 is 1.62. The maximum atomic E-state index is 13.1. The van der Waals surface area contributed by atoms with Crippen LogP contribution in [0.25, 0.3) is 10.4 Å². The number of carbonyl (C=O) groups is 2. The van der Waals surface area contributed by atoms with E-state index in [1.54, 1.807) is 16.2 Å². The molecule has 1 aliphatic heterocycles. The summed E-state index contributed by atoms with van der Waals surface area (Å²) in [6.07, 6.45) is 0.279. The zero-order chi connectivity index (χ0) is 19.7. The predicted octanol–water partition coefficient (Wildman–Crippen LogP) is 4.79. The van der Waals surface area contributed by atoms with Gasteiger partial charge in [-0.25, -0.2) is 4.79 Å². The van der Waals surface area contributed by atoms with E-state index in [2.05, 4.69) is 6.07 Å². The van der Waals surface area contributed by atoms with Crippen LogP contribution < -0.4 is 4.90 Å². The van der Waals surface area contributed by atoms with Gasteiger partial charge in [0.1, 0.15) is 6.04 Å². The summed E-state index contributed by atoms with van der Waals surface area (Å²) in [6.45, 7) is 2.03. The Morgan fingerprint density at radius 3 is 2.57 bits per heavy atom. The zero-order valence-corrected chi connectivity index (χ0v) is 16.6. The number of rotatable bonds is 4. The summed E-state index contributed by atoms with van der Waals surface area (Å²) in [5.74, 6) is -0.693. The van der Waals surface area contributed by atoms with Gasteiger partial charge in [-0.3, -0.25) is 9.69 Å². The average molecular weight is 391 g/mol. The van der Waals surface area contributed by atoms with Crippen molar-refractivity contribution < 1.29 is 14.3 Å². The fraction of sp³-hybridized carbons (Fsp3) is 0.217. The molecule has 2 aromatic carbocycles. The maximum Gasteiger partial charge on any atom is 0.329 e.